The molecule has 1 N–H and O–H groups in total. The summed E-state index contributed by atoms with van der Waals surface area (Å²) in [5.74, 6) is -1.51. The van der Waals surface area contributed by atoms with Crippen LogP contribution in [-0.4, -0.2) is 27.8 Å². The van der Waals surface area contributed by atoms with Gasteiger partial charge in [0.25, 0.3) is 5.91 Å². The minimum absolute atomic E-state index is 0.324. The van der Waals surface area contributed by atoms with Crippen molar-refractivity contribution in [3.05, 3.63) is 77.9 Å². The van der Waals surface area contributed by atoms with E-state index in [1.54, 1.807) is 35.1 Å². The summed E-state index contributed by atoms with van der Waals surface area (Å²) in [6, 6.07) is 13.9. The van der Waals surface area contributed by atoms with Gasteiger partial charge in [0.2, 0.25) is 0 Å². The molecule has 0 unspecified atom stereocenters. The third kappa shape index (κ3) is 4.38. The summed E-state index contributed by atoms with van der Waals surface area (Å²) in [5, 5.41) is 6.77. The number of benzene rings is 2. The average Bonchev–Trinajstić information content (AvgIpc) is 3.09. The molecule has 1 amide bonds. The summed E-state index contributed by atoms with van der Waals surface area (Å²) in [7, 11) is 0. The highest BCUT2D eigenvalue weighted by Gasteiger charge is 2.19. The van der Waals surface area contributed by atoms with E-state index in [0.29, 0.717) is 11.3 Å². The summed E-state index contributed by atoms with van der Waals surface area (Å²) >= 11 is 0. The van der Waals surface area contributed by atoms with E-state index < -0.39 is 23.8 Å². The molecule has 0 fully saturated rings. The lowest BCUT2D eigenvalue weighted by molar-refractivity contribution is -0.123. The van der Waals surface area contributed by atoms with Gasteiger partial charge in [0.1, 0.15) is 5.82 Å². The molecule has 1 aromatic heterocycles. The first kappa shape index (κ1) is 18.3. The van der Waals surface area contributed by atoms with Crippen LogP contribution in [0, 0.1) is 12.7 Å². The van der Waals surface area contributed by atoms with E-state index >= 15 is 0 Å². The van der Waals surface area contributed by atoms with Gasteiger partial charge in [-0.3, -0.25) is 4.79 Å². The quantitative estimate of drug-likeness (QED) is 0.701. The van der Waals surface area contributed by atoms with Crippen molar-refractivity contribution in [2.45, 2.75) is 20.0 Å². The molecule has 1 atom stereocenters. The molecule has 0 aliphatic heterocycles. The number of nitrogens with one attached hydrogen (secondary N) is 1. The van der Waals surface area contributed by atoms with Gasteiger partial charge in [-0.05, 0) is 68.4 Å². The Balaban J connectivity index is 1.61. The molecule has 7 heteroatoms. The van der Waals surface area contributed by atoms with Crippen molar-refractivity contribution < 1.29 is 18.7 Å². The van der Waals surface area contributed by atoms with Crippen molar-refractivity contribution >= 4 is 17.6 Å². The van der Waals surface area contributed by atoms with Crippen LogP contribution in [0.5, 0.6) is 0 Å². The van der Waals surface area contributed by atoms with Crippen molar-refractivity contribution in [3.63, 3.8) is 0 Å². The third-order valence-electron chi connectivity index (χ3n) is 3.94. The molecular weight excluding hydrogens is 349 g/mol. The maximum atomic E-state index is 12.9. The lowest BCUT2D eigenvalue weighted by atomic mass is 10.2. The molecule has 0 bridgehead atoms. The fourth-order valence-corrected chi connectivity index (χ4v) is 2.44. The van der Waals surface area contributed by atoms with Gasteiger partial charge >= 0.3 is 5.97 Å². The van der Waals surface area contributed by atoms with Crippen molar-refractivity contribution in [1.29, 1.82) is 0 Å². The first-order valence-electron chi connectivity index (χ1n) is 8.32. The number of hydrogen-bond donors (Lipinski definition) is 1. The largest absolute Gasteiger partial charge is 0.449 e. The molecule has 0 saturated heterocycles. The lowest BCUT2D eigenvalue weighted by Gasteiger charge is -2.14. The number of amides is 1. The predicted octanol–water partition coefficient (Wildman–Crippen LogP) is 3.50. The second-order valence-corrected chi connectivity index (χ2v) is 5.97. The Morgan fingerprint density at radius 3 is 2.33 bits per heavy atom. The van der Waals surface area contributed by atoms with Crippen LogP contribution in [-0.2, 0) is 9.53 Å². The van der Waals surface area contributed by atoms with Crippen LogP contribution in [0.1, 0.15) is 23.0 Å². The molecule has 0 aliphatic rings. The number of nitrogens with zero attached hydrogens (tertiary/aromatic N) is 2. The number of aryl methyl sites for hydroxylation is 1. The standard InChI is InChI=1S/C20H18FN3O3/c1-13-11-12-22-24(13)18-9-3-15(4-10-18)20(26)27-14(2)19(25)23-17-7-5-16(21)6-8-17/h3-12,14H,1-2H3,(H,23,25)/t14-/m0/s1. The number of carbonyl (C=O) groups excluding carboxylic acids is 2. The molecule has 27 heavy (non-hydrogen) atoms. The summed E-state index contributed by atoms with van der Waals surface area (Å²) in [6.07, 6.45) is 0.689. The number of ether oxygens (including phenoxy) is 1. The number of anilines is 1. The summed E-state index contributed by atoms with van der Waals surface area (Å²) < 4.78 is 19.8. The van der Waals surface area contributed by atoms with Crippen LogP contribution >= 0.6 is 0 Å². The van der Waals surface area contributed by atoms with Gasteiger partial charge in [0.15, 0.2) is 6.10 Å². The van der Waals surface area contributed by atoms with Crippen molar-refractivity contribution in [2.24, 2.45) is 0 Å². The van der Waals surface area contributed by atoms with Gasteiger partial charge in [-0.2, -0.15) is 5.10 Å². The monoisotopic (exact) mass is 367 g/mol. The maximum absolute atomic E-state index is 12.9. The molecule has 0 radical (unpaired) electrons. The minimum Gasteiger partial charge on any atom is -0.449 e. The fourth-order valence-electron chi connectivity index (χ4n) is 2.44. The topological polar surface area (TPSA) is 73.2 Å². The second kappa shape index (κ2) is 7.82. The Bertz CT molecular complexity index is 949. The number of hydrogen-bond acceptors (Lipinski definition) is 4. The van der Waals surface area contributed by atoms with E-state index in [0.717, 1.165) is 11.4 Å². The summed E-state index contributed by atoms with van der Waals surface area (Å²) in [6.45, 7) is 3.40. The molecule has 1 heterocycles. The number of carbonyl (C=O) groups is 2. The lowest BCUT2D eigenvalue weighted by Crippen LogP contribution is -2.30. The maximum Gasteiger partial charge on any atom is 0.338 e. The van der Waals surface area contributed by atoms with E-state index in [9.17, 15) is 14.0 Å². The van der Waals surface area contributed by atoms with E-state index in [1.807, 2.05) is 13.0 Å². The molecule has 0 aliphatic carbocycles. The normalized spacial score (nSPS) is 11.7. The van der Waals surface area contributed by atoms with E-state index in [-0.39, 0.29) is 0 Å². The molecule has 6 nitrogen and oxygen atoms in total. The van der Waals surface area contributed by atoms with Crippen molar-refractivity contribution in [3.8, 4) is 5.69 Å². The Labute approximate surface area is 155 Å². The van der Waals surface area contributed by atoms with E-state index in [4.69, 9.17) is 4.74 Å². The van der Waals surface area contributed by atoms with Crippen LogP contribution in [0.2, 0.25) is 0 Å². The Kier molecular flexibility index (Phi) is 5.30. The molecule has 3 aromatic rings. The summed E-state index contributed by atoms with van der Waals surface area (Å²) in [4.78, 5) is 24.4. The Morgan fingerprint density at radius 1 is 1.07 bits per heavy atom. The number of aromatic nitrogens is 2. The van der Waals surface area contributed by atoms with Crippen LogP contribution in [0.4, 0.5) is 10.1 Å². The van der Waals surface area contributed by atoms with Gasteiger partial charge in [0.05, 0.1) is 11.3 Å². The van der Waals surface area contributed by atoms with Crippen molar-refractivity contribution in [2.75, 3.05) is 5.32 Å². The molecule has 2 aromatic carbocycles. The predicted molar refractivity (Wildman–Crippen MR) is 98.2 cm³/mol. The first-order valence-corrected chi connectivity index (χ1v) is 8.32. The smallest absolute Gasteiger partial charge is 0.338 e. The number of halogens is 1. The van der Waals surface area contributed by atoms with E-state index in [1.165, 1.54) is 31.2 Å². The molecule has 0 spiro atoms. The van der Waals surface area contributed by atoms with Crippen LogP contribution < -0.4 is 5.32 Å². The van der Waals surface area contributed by atoms with Gasteiger partial charge in [-0.25, -0.2) is 13.9 Å². The van der Waals surface area contributed by atoms with E-state index in [2.05, 4.69) is 10.4 Å². The fraction of sp³-hybridized carbons (Fsp3) is 0.150. The van der Waals surface area contributed by atoms with Crippen LogP contribution in [0.15, 0.2) is 60.8 Å². The first-order chi connectivity index (χ1) is 12.9. The van der Waals surface area contributed by atoms with Gasteiger partial charge in [-0.1, -0.05) is 0 Å². The molecule has 3 rings (SSSR count). The zero-order valence-corrected chi connectivity index (χ0v) is 14.8. The average molecular weight is 367 g/mol. The highest BCUT2D eigenvalue weighted by molar-refractivity contribution is 5.97. The third-order valence-corrected chi connectivity index (χ3v) is 3.94. The zero-order chi connectivity index (χ0) is 19.4. The minimum atomic E-state index is -1.00. The zero-order valence-electron chi connectivity index (χ0n) is 14.8. The van der Waals surface area contributed by atoms with Gasteiger partial charge in [-0.15, -0.1) is 0 Å². The van der Waals surface area contributed by atoms with Gasteiger partial charge < -0.3 is 10.1 Å². The Hall–Kier alpha value is -3.48. The SMILES string of the molecule is Cc1ccnn1-c1ccc(C(=O)O[C@@H](C)C(=O)Nc2ccc(F)cc2)cc1. The number of rotatable bonds is 5. The summed E-state index contributed by atoms with van der Waals surface area (Å²) in [5.41, 5.74) is 2.53. The van der Waals surface area contributed by atoms with Crippen LogP contribution in [0.25, 0.3) is 5.69 Å². The highest BCUT2D eigenvalue weighted by atomic mass is 19.1. The Morgan fingerprint density at radius 2 is 1.74 bits per heavy atom. The molecule has 0 saturated carbocycles. The second-order valence-electron chi connectivity index (χ2n) is 5.97. The molecular formula is C20H18FN3O3. The van der Waals surface area contributed by atoms with Crippen LogP contribution in [0.3, 0.4) is 0 Å². The highest BCUT2D eigenvalue weighted by Crippen LogP contribution is 2.14. The van der Waals surface area contributed by atoms with Gasteiger partial charge in [0, 0.05) is 17.6 Å². The number of esters is 1. The molecule has 138 valence electrons. The van der Waals surface area contributed by atoms with Crippen molar-refractivity contribution in [1.82, 2.24) is 9.78 Å².